The van der Waals surface area contributed by atoms with Gasteiger partial charge in [-0.3, -0.25) is 4.79 Å². The second-order valence-electron chi connectivity index (χ2n) is 4.81. The van der Waals surface area contributed by atoms with E-state index in [1.165, 1.54) is 0 Å². The van der Waals surface area contributed by atoms with Gasteiger partial charge in [0.2, 0.25) is 11.7 Å². The summed E-state index contributed by atoms with van der Waals surface area (Å²) in [6.07, 6.45) is -0.141. The number of H-pyrrole nitrogens is 1. The van der Waals surface area contributed by atoms with E-state index in [0.717, 1.165) is 5.56 Å². The predicted octanol–water partition coefficient (Wildman–Crippen LogP) is 0.182. The number of tetrazole rings is 1. The van der Waals surface area contributed by atoms with Crippen LogP contribution in [-0.2, 0) is 9.53 Å². The summed E-state index contributed by atoms with van der Waals surface area (Å²) in [7, 11) is 0. The molecule has 0 radical (unpaired) electrons. The van der Waals surface area contributed by atoms with Crippen molar-refractivity contribution in [3.63, 3.8) is 0 Å². The van der Waals surface area contributed by atoms with Gasteiger partial charge in [-0.2, -0.15) is 5.21 Å². The molecule has 2 aromatic rings. The summed E-state index contributed by atoms with van der Waals surface area (Å²) in [4.78, 5) is 12.2. The Hall–Kier alpha value is -2.32. The third-order valence-corrected chi connectivity index (χ3v) is 3.35. The van der Waals surface area contributed by atoms with Crippen LogP contribution in [0, 0.1) is 0 Å². The Morgan fingerprint density at radius 2 is 2.19 bits per heavy atom. The number of anilines is 1. The molecule has 2 atom stereocenters. The summed E-state index contributed by atoms with van der Waals surface area (Å²) in [5, 5.41) is 19.7. The van der Waals surface area contributed by atoms with Crippen LogP contribution >= 0.6 is 0 Å². The van der Waals surface area contributed by atoms with Crippen LogP contribution in [0.4, 0.5) is 5.69 Å². The summed E-state index contributed by atoms with van der Waals surface area (Å²) in [6.45, 7) is 3.19. The molecule has 1 aliphatic heterocycles. The number of nitrogens with zero attached hydrogens (tertiary/aromatic N) is 3. The van der Waals surface area contributed by atoms with E-state index in [1.807, 2.05) is 19.1 Å². The van der Waals surface area contributed by atoms with Gasteiger partial charge in [-0.15, -0.1) is 10.2 Å². The standard InChI is InChI=1S/C13H16N6O2/c1-8-11(14-6-7-21-8)13(20)15-10-4-2-9(3-5-10)12-16-18-19-17-12/h2-5,8,11,14H,6-7H2,1H3,(H,15,20)(H,16,17,18,19)/t8-,11+/m1/s1. The highest BCUT2D eigenvalue weighted by molar-refractivity contribution is 5.95. The number of hydrogen-bond acceptors (Lipinski definition) is 6. The highest BCUT2D eigenvalue weighted by atomic mass is 16.5. The van der Waals surface area contributed by atoms with Crippen molar-refractivity contribution in [1.82, 2.24) is 25.9 Å². The summed E-state index contributed by atoms with van der Waals surface area (Å²) < 4.78 is 5.47. The molecule has 2 heterocycles. The number of carbonyl (C=O) groups is 1. The molecule has 0 unspecified atom stereocenters. The van der Waals surface area contributed by atoms with Crippen molar-refractivity contribution in [3.05, 3.63) is 24.3 Å². The quantitative estimate of drug-likeness (QED) is 0.744. The van der Waals surface area contributed by atoms with Crippen molar-refractivity contribution in [2.75, 3.05) is 18.5 Å². The summed E-state index contributed by atoms with van der Waals surface area (Å²) in [6, 6.07) is 6.93. The lowest BCUT2D eigenvalue weighted by atomic mass is 10.1. The average Bonchev–Trinajstić information content (AvgIpc) is 3.02. The van der Waals surface area contributed by atoms with Crippen molar-refractivity contribution in [3.8, 4) is 11.4 Å². The zero-order valence-corrected chi connectivity index (χ0v) is 11.5. The molecule has 3 rings (SSSR count). The number of rotatable bonds is 3. The van der Waals surface area contributed by atoms with Crippen LogP contribution in [0.25, 0.3) is 11.4 Å². The number of morpholine rings is 1. The second-order valence-corrected chi connectivity index (χ2v) is 4.81. The summed E-state index contributed by atoms with van der Waals surface area (Å²) in [5.74, 6) is 0.415. The fraction of sp³-hybridized carbons (Fsp3) is 0.385. The first-order valence-electron chi connectivity index (χ1n) is 6.74. The van der Waals surface area contributed by atoms with E-state index >= 15 is 0 Å². The third-order valence-electron chi connectivity index (χ3n) is 3.35. The van der Waals surface area contributed by atoms with E-state index in [-0.39, 0.29) is 18.1 Å². The first-order chi connectivity index (χ1) is 10.2. The first kappa shape index (κ1) is 13.7. The Balaban J connectivity index is 1.66. The van der Waals surface area contributed by atoms with Gasteiger partial charge in [0.05, 0.1) is 12.7 Å². The topological polar surface area (TPSA) is 105 Å². The van der Waals surface area contributed by atoms with E-state index in [1.54, 1.807) is 12.1 Å². The van der Waals surface area contributed by atoms with Crippen LogP contribution in [0.5, 0.6) is 0 Å². The fourth-order valence-electron chi connectivity index (χ4n) is 2.23. The molecule has 0 bridgehead atoms. The third kappa shape index (κ3) is 3.06. The van der Waals surface area contributed by atoms with Gasteiger partial charge >= 0.3 is 0 Å². The molecule has 110 valence electrons. The van der Waals surface area contributed by atoms with Crippen molar-refractivity contribution in [1.29, 1.82) is 0 Å². The molecule has 0 spiro atoms. The predicted molar refractivity (Wildman–Crippen MR) is 75.4 cm³/mol. The molecule has 1 aliphatic rings. The summed E-state index contributed by atoms with van der Waals surface area (Å²) in [5.41, 5.74) is 1.54. The second kappa shape index (κ2) is 5.98. The van der Waals surface area contributed by atoms with Crippen LogP contribution in [0.2, 0.25) is 0 Å². The van der Waals surface area contributed by atoms with Gasteiger partial charge in [0.15, 0.2) is 0 Å². The number of benzene rings is 1. The Bertz CT molecular complexity index is 598. The number of nitrogens with one attached hydrogen (secondary N) is 3. The van der Waals surface area contributed by atoms with Gasteiger partial charge in [0, 0.05) is 17.8 Å². The van der Waals surface area contributed by atoms with Gasteiger partial charge in [0.25, 0.3) is 0 Å². The van der Waals surface area contributed by atoms with Crippen LogP contribution in [0.15, 0.2) is 24.3 Å². The molecule has 1 saturated heterocycles. The maximum absolute atomic E-state index is 12.2. The number of aromatic amines is 1. The number of aromatic nitrogens is 4. The van der Waals surface area contributed by atoms with Gasteiger partial charge in [-0.25, -0.2) is 0 Å². The van der Waals surface area contributed by atoms with E-state index in [4.69, 9.17) is 4.74 Å². The number of amides is 1. The molecule has 3 N–H and O–H groups in total. The number of carbonyl (C=O) groups excluding carboxylic acids is 1. The SMILES string of the molecule is C[C@H]1OCCN[C@@H]1C(=O)Nc1ccc(-c2nn[nH]n2)cc1. The maximum atomic E-state index is 12.2. The Kier molecular flexibility index (Phi) is 3.89. The molecule has 1 aromatic heterocycles. The molecule has 21 heavy (non-hydrogen) atoms. The molecule has 1 amide bonds. The molecular formula is C13H16N6O2. The van der Waals surface area contributed by atoms with Crippen molar-refractivity contribution in [2.45, 2.75) is 19.1 Å². The van der Waals surface area contributed by atoms with Crippen molar-refractivity contribution >= 4 is 11.6 Å². The minimum atomic E-state index is -0.337. The van der Waals surface area contributed by atoms with Crippen molar-refractivity contribution in [2.24, 2.45) is 0 Å². The first-order valence-corrected chi connectivity index (χ1v) is 6.74. The van der Waals surface area contributed by atoms with Crippen LogP contribution in [0.1, 0.15) is 6.92 Å². The van der Waals surface area contributed by atoms with E-state index < -0.39 is 0 Å². The Labute approximate surface area is 121 Å². The average molecular weight is 288 g/mol. The molecule has 0 saturated carbocycles. The lowest BCUT2D eigenvalue weighted by Gasteiger charge is -2.29. The lowest BCUT2D eigenvalue weighted by molar-refractivity contribution is -0.123. The normalized spacial score (nSPS) is 22.0. The number of ether oxygens (including phenoxy) is 1. The van der Waals surface area contributed by atoms with Gasteiger partial charge in [-0.1, -0.05) is 0 Å². The zero-order chi connectivity index (χ0) is 14.7. The highest BCUT2D eigenvalue weighted by Gasteiger charge is 2.28. The minimum Gasteiger partial charge on any atom is -0.375 e. The largest absolute Gasteiger partial charge is 0.375 e. The van der Waals surface area contributed by atoms with Crippen molar-refractivity contribution < 1.29 is 9.53 Å². The van der Waals surface area contributed by atoms with E-state index in [0.29, 0.717) is 24.7 Å². The van der Waals surface area contributed by atoms with Crippen LogP contribution in [0.3, 0.4) is 0 Å². The van der Waals surface area contributed by atoms with E-state index in [2.05, 4.69) is 31.3 Å². The molecular weight excluding hydrogens is 272 g/mol. The van der Waals surface area contributed by atoms with Gasteiger partial charge < -0.3 is 15.4 Å². The molecule has 1 aromatic carbocycles. The molecule has 8 nitrogen and oxygen atoms in total. The van der Waals surface area contributed by atoms with E-state index in [9.17, 15) is 4.79 Å². The molecule has 0 aliphatic carbocycles. The molecule has 8 heteroatoms. The monoisotopic (exact) mass is 288 g/mol. The van der Waals surface area contributed by atoms with Crippen LogP contribution in [-0.4, -0.2) is 51.8 Å². The molecule has 1 fully saturated rings. The lowest BCUT2D eigenvalue weighted by Crippen LogP contribution is -2.53. The minimum absolute atomic E-state index is 0.102. The van der Waals surface area contributed by atoms with Crippen LogP contribution < -0.4 is 10.6 Å². The van der Waals surface area contributed by atoms with Gasteiger partial charge in [0.1, 0.15) is 6.04 Å². The Morgan fingerprint density at radius 3 is 2.86 bits per heavy atom. The smallest absolute Gasteiger partial charge is 0.244 e. The fourth-order valence-corrected chi connectivity index (χ4v) is 2.23. The maximum Gasteiger partial charge on any atom is 0.244 e. The zero-order valence-electron chi connectivity index (χ0n) is 11.5. The Morgan fingerprint density at radius 1 is 1.38 bits per heavy atom. The summed E-state index contributed by atoms with van der Waals surface area (Å²) >= 11 is 0. The number of hydrogen-bond donors (Lipinski definition) is 3. The van der Waals surface area contributed by atoms with Gasteiger partial charge in [-0.05, 0) is 36.4 Å². The highest BCUT2D eigenvalue weighted by Crippen LogP contribution is 2.17.